The zero-order valence-corrected chi connectivity index (χ0v) is 13.4. The van der Waals surface area contributed by atoms with Crippen molar-refractivity contribution in [1.29, 1.82) is 0 Å². The Balaban J connectivity index is 1.70. The second kappa shape index (κ2) is 8.34. The van der Waals surface area contributed by atoms with E-state index in [1.54, 1.807) is 25.1 Å². The number of hydrazine groups is 1. The summed E-state index contributed by atoms with van der Waals surface area (Å²) in [6.07, 6.45) is 1.37. The number of rotatable bonds is 6. The Labute approximate surface area is 142 Å². The molecule has 0 radical (unpaired) electrons. The van der Waals surface area contributed by atoms with Gasteiger partial charge in [-0.15, -0.1) is 0 Å². The molecule has 3 amide bonds. The average molecular weight is 347 g/mol. The summed E-state index contributed by atoms with van der Waals surface area (Å²) in [6, 6.07) is 7.07. The summed E-state index contributed by atoms with van der Waals surface area (Å²) in [5, 5.41) is 16.2. The highest BCUT2D eigenvalue weighted by atomic mass is 16.6. The van der Waals surface area contributed by atoms with Gasteiger partial charge < -0.3 is 15.1 Å². The van der Waals surface area contributed by atoms with Crippen LogP contribution in [0.15, 0.2) is 41.0 Å². The third kappa shape index (κ3) is 4.96. The molecule has 0 saturated carbocycles. The van der Waals surface area contributed by atoms with Crippen LogP contribution in [0.4, 0.5) is 16.2 Å². The van der Waals surface area contributed by atoms with Gasteiger partial charge in [0.25, 0.3) is 11.6 Å². The summed E-state index contributed by atoms with van der Waals surface area (Å²) < 4.78 is 5.00. The van der Waals surface area contributed by atoms with Crippen molar-refractivity contribution in [3.05, 3.63) is 58.0 Å². The first-order valence-corrected chi connectivity index (χ1v) is 7.34. The van der Waals surface area contributed by atoms with Gasteiger partial charge >= 0.3 is 6.03 Å². The lowest BCUT2D eigenvalue weighted by Gasteiger charge is -2.10. The van der Waals surface area contributed by atoms with Crippen molar-refractivity contribution in [2.45, 2.75) is 6.92 Å². The first-order chi connectivity index (χ1) is 12.0. The minimum absolute atomic E-state index is 0.0466. The number of carbonyl (C=O) groups excluding carboxylic acids is 2. The Kier molecular flexibility index (Phi) is 5.93. The summed E-state index contributed by atoms with van der Waals surface area (Å²) >= 11 is 0. The quantitative estimate of drug-likeness (QED) is 0.355. The van der Waals surface area contributed by atoms with Crippen LogP contribution in [0.2, 0.25) is 0 Å². The number of hydrogen-bond donors (Lipinski definition) is 4. The highest BCUT2D eigenvalue weighted by molar-refractivity contribution is 5.96. The molecule has 0 saturated heterocycles. The third-order valence-electron chi connectivity index (χ3n) is 3.22. The normalized spacial score (nSPS) is 9.96. The number of furan rings is 1. The molecule has 0 aliphatic carbocycles. The molecule has 2 aromatic rings. The Morgan fingerprint density at radius 3 is 2.60 bits per heavy atom. The summed E-state index contributed by atoms with van der Waals surface area (Å²) in [5.74, 6) is -0.0622. The topological polar surface area (TPSA) is 139 Å². The van der Waals surface area contributed by atoms with Crippen LogP contribution in [-0.2, 0) is 0 Å². The van der Waals surface area contributed by atoms with Crippen molar-refractivity contribution in [2.24, 2.45) is 0 Å². The number of hydrogen-bond acceptors (Lipinski definition) is 6. The SMILES string of the molecule is Cc1occc1C(=O)NNC(=O)NCCNc1ccccc1[N+](=O)[O-]. The summed E-state index contributed by atoms with van der Waals surface area (Å²) in [5.41, 5.74) is 5.07. The highest BCUT2D eigenvalue weighted by Gasteiger charge is 2.13. The molecule has 0 spiro atoms. The molecule has 4 N–H and O–H groups in total. The van der Waals surface area contributed by atoms with Crippen LogP contribution in [-0.4, -0.2) is 30.0 Å². The van der Waals surface area contributed by atoms with E-state index in [4.69, 9.17) is 4.42 Å². The molecular weight excluding hydrogens is 330 g/mol. The fraction of sp³-hybridized carbons (Fsp3) is 0.200. The zero-order chi connectivity index (χ0) is 18.2. The lowest BCUT2D eigenvalue weighted by molar-refractivity contribution is -0.384. The molecule has 1 aromatic carbocycles. The molecule has 0 bridgehead atoms. The minimum atomic E-state index is -0.612. The van der Waals surface area contributed by atoms with Crippen LogP contribution in [0.5, 0.6) is 0 Å². The monoisotopic (exact) mass is 347 g/mol. The fourth-order valence-corrected chi connectivity index (χ4v) is 2.00. The van der Waals surface area contributed by atoms with Gasteiger partial charge in [-0.05, 0) is 19.1 Å². The van der Waals surface area contributed by atoms with Crippen LogP contribution < -0.4 is 21.5 Å². The molecule has 0 fully saturated rings. The lowest BCUT2D eigenvalue weighted by Crippen LogP contribution is -2.47. The minimum Gasteiger partial charge on any atom is -0.469 e. The molecule has 0 aliphatic rings. The highest BCUT2D eigenvalue weighted by Crippen LogP contribution is 2.22. The number of carbonyl (C=O) groups is 2. The van der Waals surface area contributed by atoms with E-state index in [0.29, 0.717) is 17.0 Å². The van der Waals surface area contributed by atoms with Gasteiger partial charge in [0, 0.05) is 19.2 Å². The Hall–Kier alpha value is -3.56. The van der Waals surface area contributed by atoms with E-state index < -0.39 is 16.9 Å². The number of anilines is 1. The van der Waals surface area contributed by atoms with Crippen molar-refractivity contribution in [1.82, 2.24) is 16.2 Å². The maximum atomic E-state index is 11.8. The van der Waals surface area contributed by atoms with E-state index in [9.17, 15) is 19.7 Å². The van der Waals surface area contributed by atoms with E-state index in [0.717, 1.165) is 0 Å². The average Bonchev–Trinajstić information content (AvgIpc) is 3.03. The number of urea groups is 1. The predicted molar refractivity (Wildman–Crippen MR) is 89.0 cm³/mol. The number of para-hydroxylation sites is 2. The predicted octanol–water partition coefficient (Wildman–Crippen LogP) is 1.55. The number of nitro groups is 1. The standard InChI is InChI=1S/C15H17N5O5/c1-10-11(6-9-25-10)14(21)18-19-15(22)17-8-7-16-12-4-2-3-5-13(12)20(23)24/h2-6,9,16H,7-8H2,1H3,(H,18,21)(H2,17,19,22). The second-order valence-electron chi connectivity index (χ2n) is 4.93. The van der Waals surface area contributed by atoms with E-state index in [1.165, 1.54) is 18.4 Å². The van der Waals surface area contributed by atoms with Crippen LogP contribution >= 0.6 is 0 Å². The maximum absolute atomic E-state index is 11.8. The molecular formula is C15H17N5O5. The maximum Gasteiger partial charge on any atom is 0.333 e. The fourth-order valence-electron chi connectivity index (χ4n) is 2.00. The van der Waals surface area contributed by atoms with Gasteiger partial charge in [-0.3, -0.25) is 20.3 Å². The third-order valence-corrected chi connectivity index (χ3v) is 3.22. The number of aryl methyl sites for hydroxylation is 1. The van der Waals surface area contributed by atoms with Gasteiger partial charge in [0.05, 0.1) is 16.7 Å². The van der Waals surface area contributed by atoms with Gasteiger partial charge in [0.15, 0.2) is 0 Å². The Bertz CT molecular complexity index is 773. The first kappa shape index (κ1) is 17.8. The molecule has 25 heavy (non-hydrogen) atoms. The van der Waals surface area contributed by atoms with Gasteiger partial charge in [0.1, 0.15) is 11.4 Å². The zero-order valence-electron chi connectivity index (χ0n) is 13.4. The number of nitrogens with one attached hydrogen (secondary N) is 4. The van der Waals surface area contributed by atoms with Crippen LogP contribution in [0.25, 0.3) is 0 Å². The van der Waals surface area contributed by atoms with Crippen molar-refractivity contribution in [2.75, 3.05) is 18.4 Å². The molecule has 1 heterocycles. The summed E-state index contributed by atoms with van der Waals surface area (Å²) in [4.78, 5) is 33.7. The molecule has 0 unspecified atom stereocenters. The number of amides is 3. The van der Waals surface area contributed by atoms with Crippen molar-refractivity contribution in [3.63, 3.8) is 0 Å². The smallest absolute Gasteiger partial charge is 0.333 e. The van der Waals surface area contributed by atoms with Gasteiger partial charge in [-0.2, -0.15) is 0 Å². The van der Waals surface area contributed by atoms with E-state index >= 15 is 0 Å². The molecule has 1 aromatic heterocycles. The van der Waals surface area contributed by atoms with Gasteiger partial charge in [-0.1, -0.05) is 12.1 Å². The second-order valence-corrected chi connectivity index (χ2v) is 4.93. The molecule has 0 atom stereocenters. The molecule has 2 rings (SSSR count). The Morgan fingerprint density at radius 1 is 1.16 bits per heavy atom. The van der Waals surface area contributed by atoms with Crippen LogP contribution in [0.1, 0.15) is 16.1 Å². The number of nitro benzene ring substituents is 1. The first-order valence-electron chi connectivity index (χ1n) is 7.34. The largest absolute Gasteiger partial charge is 0.469 e. The molecule has 10 nitrogen and oxygen atoms in total. The summed E-state index contributed by atoms with van der Waals surface area (Å²) in [6.45, 7) is 2.09. The van der Waals surface area contributed by atoms with Gasteiger partial charge in [-0.25, -0.2) is 10.2 Å². The summed E-state index contributed by atoms with van der Waals surface area (Å²) in [7, 11) is 0. The lowest BCUT2D eigenvalue weighted by atomic mass is 10.2. The Morgan fingerprint density at radius 2 is 1.92 bits per heavy atom. The van der Waals surface area contributed by atoms with Gasteiger partial charge in [0.2, 0.25) is 0 Å². The molecule has 0 aliphatic heterocycles. The molecule has 132 valence electrons. The van der Waals surface area contributed by atoms with Crippen molar-refractivity contribution in [3.8, 4) is 0 Å². The van der Waals surface area contributed by atoms with Crippen molar-refractivity contribution < 1.29 is 18.9 Å². The van der Waals surface area contributed by atoms with E-state index in [-0.39, 0.29) is 18.8 Å². The van der Waals surface area contributed by atoms with Crippen molar-refractivity contribution >= 4 is 23.3 Å². The molecule has 10 heteroatoms. The number of benzene rings is 1. The van der Waals surface area contributed by atoms with Crippen LogP contribution in [0.3, 0.4) is 0 Å². The number of nitrogens with zero attached hydrogens (tertiary/aromatic N) is 1. The van der Waals surface area contributed by atoms with E-state index in [1.807, 2.05) is 0 Å². The van der Waals surface area contributed by atoms with E-state index in [2.05, 4.69) is 21.5 Å². The van der Waals surface area contributed by atoms with Crippen LogP contribution in [0, 0.1) is 17.0 Å².